The molecule has 0 aliphatic heterocycles. The first-order valence-corrected chi connectivity index (χ1v) is 8.61. The zero-order valence-corrected chi connectivity index (χ0v) is 10.8. The molecule has 1 aliphatic carbocycles. The van der Waals surface area contributed by atoms with Crippen LogP contribution in [0.5, 0.6) is 5.88 Å². The third kappa shape index (κ3) is 2.64. The van der Waals surface area contributed by atoms with Crippen LogP contribution >= 0.6 is 0 Å². The van der Waals surface area contributed by atoms with Crippen LogP contribution in [0.1, 0.15) is 12.8 Å². The van der Waals surface area contributed by atoms with Crippen molar-refractivity contribution in [1.82, 2.24) is 10.2 Å². The summed E-state index contributed by atoms with van der Waals surface area (Å²) in [5, 5.41) is 6.41. The van der Waals surface area contributed by atoms with Crippen molar-refractivity contribution in [3.8, 4) is 5.88 Å². The van der Waals surface area contributed by atoms with E-state index in [9.17, 15) is 13.2 Å². The van der Waals surface area contributed by atoms with Gasteiger partial charge in [-0.1, -0.05) is 0 Å². The number of halogens is 3. The lowest BCUT2D eigenvalue weighted by molar-refractivity contribution is -0.181. The normalized spacial score (nSPS) is 19.1. The Bertz CT molecular complexity index is 385. The number of nitrogens with one attached hydrogen (secondary N) is 1. The highest BCUT2D eigenvalue weighted by atomic mass is 28.4. The number of hydrogen-bond acceptors (Lipinski definition) is 2. The number of aromatic nitrogens is 2. The van der Waals surface area contributed by atoms with Crippen LogP contribution in [0.25, 0.3) is 0 Å². The van der Waals surface area contributed by atoms with Crippen LogP contribution in [0, 0.1) is 5.41 Å². The summed E-state index contributed by atoms with van der Waals surface area (Å²) in [5.41, 5.74) is -1.49. The van der Waals surface area contributed by atoms with Gasteiger partial charge in [-0.05, 0) is 32.0 Å². The highest BCUT2D eigenvalue weighted by Crippen LogP contribution is 2.61. The maximum atomic E-state index is 12.8. The van der Waals surface area contributed by atoms with Crippen molar-refractivity contribution in [2.75, 3.05) is 0 Å². The van der Waals surface area contributed by atoms with Gasteiger partial charge in [-0.3, -0.25) is 5.10 Å². The molecule has 0 aromatic carbocycles. The first-order valence-electron chi connectivity index (χ1n) is 5.50. The van der Waals surface area contributed by atoms with Crippen LogP contribution in [-0.4, -0.2) is 24.7 Å². The molecule has 0 radical (unpaired) electrons. The van der Waals surface area contributed by atoms with Crippen LogP contribution in [0.15, 0.2) is 12.3 Å². The lowest BCUT2D eigenvalue weighted by Crippen LogP contribution is -2.41. The van der Waals surface area contributed by atoms with E-state index in [1.807, 2.05) is 0 Å². The summed E-state index contributed by atoms with van der Waals surface area (Å²) in [6, 6.07) is 1.73. The fourth-order valence-electron chi connectivity index (χ4n) is 2.15. The predicted octanol–water partition coefficient (Wildman–Crippen LogP) is 3.34. The summed E-state index contributed by atoms with van der Waals surface area (Å²) in [5.74, 6) is 0.389. The standard InChI is InChI=1S/C10H15F3N2OSi/c1-17(2,16-8-3-6-14-15-8)7-9(4-5-9)10(11,12)13/h3,6H,4-5,7H2,1-2H3,(H,14,15). The largest absolute Gasteiger partial charge is 0.530 e. The van der Waals surface area contributed by atoms with E-state index in [4.69, 9.17) is 4.43 Å². The van der Waals surface area contributed by atoms with Gasteiger partial charge in [0.05, 0.1) is 5.41 Å². The van der Waals surface area contributed by atoms with E-state index < -0.39 is 19.9 Å². The maximum Gasteiger partial charge on any atom is 0.394 e. The van der Waals surface area contributed by atoms with Gasteiger partial charge in [0.25, 0.3) is 0 Å². The number of alkyl halides is 3. The molecule has 17 heavy (non-hydrogen) atoms. The van der Waals surface area contributed by atoms with Crippen molar-refractivity contribution in [2.45, 2.75) is 38.2 Å². The Kier molecular flexibility index (Phi) is 2.76. The second-order valence-electron chi connectivity index (χ2n) is 5.23. The SMILES string of the molecule is C[Si](C)(CC1(C(F)(F)F)CC1)Oc1cc[nH]n1. The van der Waals surface area contributed by atoms with Crippen molar-refractivity contribution in [3.63, 3.8) is 0 Å². The van der Waals surface area contributed by atoms with Gasteiger partial charge in [0.15, 0.2) is 0 Å². The average Bonchev–Trinajstić information content (AvgIpc) is 2.74. The Morgan fingerprint density at radius 1 is 1.47 bits per heavy atom. The second-order valence-corrected chi connectivity index (χ2v) is 9.31. The number of hydrogen-bond donors (Lipinski definition) is 1. The van der Waals surface area contributed by atoms with Crippen molar-refractivity contribution in [3.05, 3.63) is 12.3 Å². The predicted molar refractivity (Wildman–Crippen MR) is 59.2 cm³/mol. The molecule has 1 fully saturated rings. The lowest BCUT2D eigenvalue weighted by Gasteiger charge is -2.28. The molecule has 1 aliphatic rings. The summed E-state index contributed by atoms with van der Waals surface area (Å²) in [4.78, 5) is 0. The first-order chi connectivity index (χ1) is 7.74. The van der Waals surface area contributed by atoms with Crippen LogP contribution in [0.3, 0.4) is 0 Å². The quantitative estimate of drug-likeness (QED) is 0.847. The number of nitrogens with zero attached hydrogens (tertiary/aromatic N) is 1. The summed E-state index contributed by atoms with van der Waals surface area (Å²) >= 11 is 0. The van der Waals surface area contributed by atoms with Crippen LogP contribution < -0.4 is 4.43 Å². The number of rotatable bonds is 4. The second kappa shape index (κ2) is 3.76. The minimum atomic E-state index is -4.10. The summed E-state index contributed by atoms with van der Waals surface area (Å²) in [7, 11) is -2.39. The molecule has 96 valence electrons. The molecule has 0 unspecified atom stereocenters. The molecule has 1 heterocycles. The summed E-state index contributed by atoms with van der Waals surface area (Å²) in [6.07, 6.45) is -2.05. The van der Waals surface area contributed by atoms with Gasteiger partial charge < -0.3 is 4.43 Å². The molecular formula is C10H15F3N2OSi. The molecule has 1 saturated carbocycles. The topological polar surface area (TPSA) is 37.9 Å². The van der Waals surface area contributed by atoms with Gasteiger partial charge in [0.2, 0.25) is 14.2 Å². The summed E-state index contributed by atoms with van der Waals surface area (Å²) in [6.45, 7) is 3.60. The molecule has 1 N–H and O–H groups in total. The van der Waals surface area contributed by atoms with Gasteiger partial charge in [0.1, 0.15) is 0 Å². The molecule has 7 heteroatoms. The third-order valence-electron chi connectivity index (χ3n) is 3.08. The van der Waals surface area contributed by atoms with E-state index in [2.05, 4.69) is 10.2 Å². The van der Waals surface area contributed by atoms with Crippen molar-refractivity contribution in [2.24, 2.45) is 5.41 Å². The zero-order chi connectivity index (χ0) is 12.7. The molecular weight excluding hydrogens is 249 g/mol. The average molecular weight is 264 g/mol. The van der Waals surface area contributed by atoms with E-state index in [0.29, 0.717) is 5.88 Å². The van der Waals surface area contributed by atoms with Crippen LogP contribution in [0.4, 0.5) is 13.2 Å². The molecule has 2 rings (SSSR count). The van der Waals surface area contributed by atoms with E-state index >= 15 is 0 Å². The molecule has 0 bridgehead atoms. The highest BCUT2D eigenvalue weighted by molar-refractivity contribution is 6.72. The van der Waals surface area contributed by atoms with Gasteiger partial charge in [-0.15, -0.1) is 5.10 Å². The fourth-order valence-corrected chi connectivity index (χ4v) is 5.08. The van der Waals surface area contributed by atoms with E-state index in [1.165, 1.54) is 0 Å². The molecule has 0 spiro atoms. The van der Waals surface area contributed by atoms with Crippen LogP contribution in [0.2, 0.25) is 19.1 Å². The van der Waals surface area contributed by atoms with Gasteiger partial charge in [-0.25, -0.2) is 0 Å². The smallest absolute Gasteiger partial charge is 0.394 e. The van der Waals surface area contributed by atoms with Gasteiger partial charge >= 0.3 is 6.18 Å². The lowest BCUT2D eigenvalue weighted by atomic mass is 10.1. The van der Waals surface area contributed by atoms with Gasteiger partial charge in [-0.2, -0.15) is 13.2 Å². The molecule has 1 aromatic rings. The van der Waals surface area contributed by atoms with E-state index in [1.54, 1.807) is 25.4 Å². The van der Waals surface area contributed by atoms with E-state index in [-0.39, 0.29) is 18.9 Å². The van der Waals surface area contributed by atoms with E-state index in [0.717, 1.165) is 0 Å². The van der Waals surface area contributed by atoms with Gasteiger partial charge in [0, 0.05) is 12.3 Å². The molecule has 3 nitrogen and oxygen atoms in total. The van der Waals surface area contributed by atoms with Crippen LogP contribution in [-0.2, 0) is 0 Å². The fraction of sp³-hybridized carbons (Fsp3) is 0.700. The molecule has 1 aromatic heterocycles. The van der Waals surface area contributed by atoms with Crippen molar-refractivity contribution < 1.29 is 17.6 Å². The minimum Gasteiger partial charge on any atom is -0.530 e. The Balaban J connectivity index is 2.03. The van der Waals surface area contributed by atoms with Crippen molar-refractivity contribution >= 4 is 8.32 Å². The molecule has 0 amide bonds. The molecule has 0 atom stereocenters. The first kappa shape index (κ1) is 12.5. The third-order valence-corrected chi connectivity index (χ3v) is 5.36. The molecule has 0 saturated heterocycles. The Morgan fingerprint density at radius 2 is 2.12 bits per heavy atom. The number of aromatic amines is 1. The zero-order valence-electron chi connectivity index (χ0n) is 9.77. The highest BCUT2D eigenvalue weighted by Gasteiger charge is 2.65. The number of H-pyrrole nitrogens is 1. The Morgan fingerprint density at radius 3 is 2.53 bits per heavy atom. The monoisotopic (exact) mass is 264 g/mol. The Hall–Kier alpha value is -0.983. The summed E-state index contributed by atoms with van der Waals surface area (Å²) < 4.78 is 44.2. The maximum absolute atomic E-state index is 12.8. The van der Waals surface area contributed by atoms with Crippen molar-refractivity contribution in [1.29, 1.82) is 0 Å². The Labute approximate surface area is 98.5 Å². The minimum absolute atomic E-state index is 0.108.